The van der Waals surface area contributed by atoms with Gasteiger partial charge in [0.15, 0.2) is 17.1 Å². The molecule has 16 nitrogen and oxygen atoms in total. The molecule has 8 N–H and O–H groups in total. The number of urea groups is 1. The van der Waals surface area contributed by atoms with Crippen molar-refractivity contribution in [1.82, 2.24) is 4.90 Å². The molecule has 2 aromatic rings. The Labute approximate surface area is 268 Å². The number of carbonyl (C=O) groups excluding carboxylic acids is 4. The van der Waals surface area contributed by atoms with Crippen LogP contribution >= 0.6 is 0 Å². The molecule has 0 bridgehead atoms. The number of aliphatic hydroxyl groups excluding tert-OH is 2. The van der Waals surface area contributed by atoms with Gasteiger partial charge in [0.25, 0.3) is 5.69 Å². The number of nitro groups is 1. The average molecular weight is 653 g/mol. The number of amides is 3. The second kappa shape index (κ2) is 11.6. The molecule has 2 aromatic carbocycles. The normalized spacial score (nSPS) is 26.7. The summed E-state index contributed by atoms with van der Waals surface area (Å²) >= 11 is 0. The molecule has 0 spiro atoms. The third-order valence-electron chi connectivity index (χ3n) is 9.46. The van der Waals surface area contributed by atoms with Gasteiger partial charge < -0.3 is 46.6 Å². The first-order valence-electron chi connectivity index (χ1n) is 14.7. The summed E-state index contributed by atoms with van der Waals surface area (Å²) in [6.07, 6.45) is -1.58. The van der Waals surface area contributed by atoms with Crippen LogP contribution in [0, 0.1) is 34.8 Å². The maximum absolute atomic E-state index is 14.1. The molecule has 6 atom stereocenters. The van der Waals surface area contributed by atoms with E-state index in [1.165, 1.54) is 29.2 Å². The Bertz CT molecular complexity index is 1770. The van der Waals surface area contributed by atoms with E-state index in [-0.39, 0.29) is 41.0 Å². The summed E-state index contributed by atoms with van der Waals surface area (Å²) in [4.78, 5) is 66.8. The number of nitrogens with two attached hydrogens (primary N) is 1. The van der Waals surface area contributed by atoms with Crippen LogP contribution in [-0.2, 0) is 20.8 Å². The van der Waals surface area contributed by atoms with Gasteiger partial charge in [-0.2, -0.15) is 0 Å². The van der Waals surface area contributed by atoms with Crippen molar-refractivity contribution in [3.05, 3.63) is 56.6 Å². The molecule has 0 radical (unpaired) electrons. The summed E-state index contributed by atoms with van der Waals surface area (Å²) in [6.45, 7) is 1.54. The first-order chi connectivity index (χ1) is 21.9. The highest BCUT2D eigenvalue weighted by Gasteiger charge is 2.67. The Hall–Kier alpha value is -5.06. The maximum atomic E-state index is 14.1. The highest BCUT2D eigenvalue weighted by Crippen LogP contribution is 2.54. The lowest BCUT2D eigenvalue weighted by molar-refractivity contribution is -0.385. The zero-order valence-corrected chi connectivity index (χ0v) is 26.3. The van der Waals surface area contributed by atoms with Crippen LogP contribution in [-0.4, -0.2) is 99.7 Å². The van der Waals surface area contributed by atoms with Crippen LogP contribution in [0.3, 0.4) is 0 Å². The number of nitrogens with one attached hydrogen (secondary N) is 2. The number of likely N-dealkylation sites (N-methyl/N-ethyl adjacent to an activating group) is 1. The second-order valence-corrected chi connectivity index (χ2v) is 12.7. The zero-order valence-electron chi connectivity index (χ0n) is 26.3. The highest BCUT2D eigenvalue weighted by molar-refractivity contribution is 6.25. The van der Waals surface area contributed by atoms with Crippen molar-refractivity contribution in [3.63, 3.8) is 0 Å². The second-order valence-electron chi connectivity index (χ2n) is 12.7. The summed E-state index contributed by atoms with van der Waals surface area (Å²) in [5.74, 6) is -8.80. The van der Waals surface area contributed by atoms with Crippen molar-refractivity contribution in [3.8, 4) is 5.75 Å². The minimum absolute atomic E-state index is 0.0447. The molecule has 3 aliphatic rings. The van der Waals surface area contributed by atoms with Crippen LogP contribution in [0.25, 0.3) is 5.76 Å². The number of aromatic hydroxyl groups is 1. The predicted octanol–water partition coefficient (Wildman–Crippen LogP) is 1.06. The molecule has 2 fully saturated rings. The highest BCUT2D eigenvalue weighted by atomic mass is 16.6. The number of hydrogen-bond donors (Lipinski definition) is 7. The lowest BCUT2D eigenvalue weighted by Gasteiger charge is -2.53. The quantitative estimate of drug-likeness (QED) is 0.100. The molecule has 3 aliphatic carbocycles. The fourth-order valence-electron chi connectivity index (χ4n) is 7.32. The van der Waals surface area contributed by atoms with E-state index in [0.29, 0.717) is 16.8 Å². The number of hydrogen-bond acceptors (Lipinski definition) is 12. The SMILES string of the molecule is Cc1ccc(NC(=O)Nc2cc(N(C)C)c3c(c2O)C(O)=C2C(=O)[C@@]4(O)C(=O)C(C(N)=O)C(O)[C@H](N(C)C)[C@H]4C[C@H]2C3)cc1[N+](=O)[O-]. The number of carbonyl (C=O) groups is 4. The number of aliphatic hydroxyl groups is 3. The van der Waals surface area contributed by atoms with Gasteiger partial charge in [-0.15, -0.1) is 0 Å². The van der Waals surface area contributed by atoms with Crippen molar-refractivity contribution in [2.24, 2.45) is 23.5 Å². The van der Waals surface area contributed by atoms with Gasteiger partial charge in [-0.25, -0.2) is 4.79 Å². The average Bonchev–Trinajstić information content (AvgIpc) is 2.96. The van der Waals surface area contributed by atoms with Gasteiger partial charge in [0.2, 0.25) is 11.7 Å². The minimum atomic E-state index is -2.81. The van der Waals surface area contributed by atoms with Crippen LogP contribution < -0.4 is 21.3 Å². The Morgan fingerprint density at radius 1 is 1.11 bits per heavy atom. The number of Topliss-reactive ketones (excluding diaryl/α,β-unsaturated/α-hetero) is 2. The molecule has 0 aliphatic heterocycles. The van der Waals surface area contributed by atoms with E-state index in [9.17, 15) is 49.7 Å². The van der Waals surface area contributed by atoms with Crippen molar-refractivity contribution >= 4 is 52.0 Å². The number of anilines is 3. The van der Waals surface area contributed by atoms with Gasteiger partial charge in [0, 0.05) is 54.6 Å². The van der Waals surface area contributed by atoms with Gasteiger partial charge in [0.05, 0.1) is 22.3 Å². The molecule has 0 aromatic heterocycles. The number of benzene rings is 2. The molecular formula is C31H36N6O10. The fraction of sp³-hybridized carbons (Fsp3) is 0.419. The van der Waals surface area contributed by atoms with E-state index in [1.807, 2.05) is 0 Å². The first kappa shape index (κ1) is 33.3. The van der Waals surface area contributed by atoms with Crippen molar-refractivity contribution < 1.29 is 44.5 Å². The fourth-order valence-corrected chi connectivity index (χ4v) is 7.32. The number of ketones is 2. The number of nitrogens with zero attached hydrogens (tertiary/aromatic N) is 3. The number of nitro benzene ring substituents is 1. The summed E-state index contributed by atoms with van der Waals surface area (Å²) in [5, 5.41) is 62.1. The molecule has 0 heterocycles. The number of primary amides is 1. The zero-order chi connectivity index (χ0) is 34.9. The van der Waals surface area contributed by atoms with Crippen molar-refractivity contribution in [2.45, 2.75) is 37.5 Å². The monoisotopic (exact) mass is 652 g/mol. The standard InChI is InChI=1S/C31H36N6O10/c1-12-6-7-14(10-18(12)37(46)47)33-30(44)34-17-11-19(35(2)3)15-8-13-9-16-23(36(4)5)26(40)22(29(32)43)28(42)31(16,45)27(41)20(13)25(39)21(15)24(17)38/h6-7,10-11,13,16,22-23,26,38-40,45H,8-9H2,1-5H3,(H2,32,43)(H2,33,34,44)/t13-,16-,22?,23-,26?,31-/m1/s1. The van der Waals surface area contributed by atoms with Crippen LogP contribution in [0.15, 0.2) is 29.8 Å². The molecule has 47 heavy (non-hydrogen) atoms. The van der Waals surface area contributed by atoms with Gasteiger partial charge in [-0.3, -0.25) is 24.5 Å². The third kappa shape index (κ3) is 5.14. The predicted molar refractivity (Wildman–Crippen MR) is 169 cm³/mol. The van der Waals surface area contributed by atoms with E-state index >= 15 is 0 Å². The first-order valence-corrected chi connectivity index (χ1v) is 14.7. The number of fused-ring (bicyclic) bond motifs is 3. The van der Waals surface area contributed by atoms with E-state index in [1.54, 1.807) is 40.0 Å². The Morgan fingerprint density at radius 2 is 1.77 bits per heavy atom. The summed E-state index contributed by atoms with van der Waals surface area (Å²) in [7, 11) is 6.51. The number of aryl methyl sites for hydroxylation is 1. The van der Waals surface area contributed by atoms with Crippen LogP contribution in [0.1, 0.15) is 23.1 Å². The van der Waals surface area contributed by atoms with Gasteiger partial charge in [-0.1, -0.05) is 6.07 Å². The van der Waals surface area contributed by atoms with Gasteiger partial charge in [0.1, 0.15) is 11.7 Å². The smallest absolute Gasteiger partial charge is 0.323 e. The largest absolute Gasteiger partial charge is 0.507 e. The molecule has 2 unspecified atom stereocenters. The Balaban J connectivity index is 1.58. The molecule has 16 heteroatoms. The van der Waals surface area contributed by atoms with Crippen LogP contribution in [0.5, 0.6) is 5.75 Å². The van der Waals surface area contributed by atoms with Gasteiger partial charge >= 0.3 is 6.03 Å². The minimum Gasteiger partial charge on any atom is -0.507 e. The van der Waals surface area contributed by atoms with E-state index < -0.39 is 75.4 Å². The summed E-state index contributed by atoms with van der Waals surface area (Å²) in [6, 6.07) is 3.64. The van der Waals surface area contributed by atoms with Crippen LogP contribution in [0.2, 0.25) is 0 Å². The van der Waals surface area contributed by atoms with E-state index in [2.05, 4.69) is 10.6 Å². The molecule has 2 saturated carbocycles. The molecule has 3 amide bonds. The number of phenolic OH excluding ortho intramolecular Hbond substituents is 1. The van der Waals surface area contributed by atoms with E-state index in [4.69, 9.17) is 5.73 Å². The summed E-state index contributed by atoms with van der Waals surface area (Å²) in [5.41, 5.74) is 3.02. The lowest BCUT2D eigenvalue weighted by atomic mass is 9.54. The third-order valence-corrected chi connectivity index (χ3v) is 9.46. The van der Waals surface area contributed by atoms with Crippen molar-refractivity contribution in [2.75, 3.05) is 43.7 Å². The van der Waals surface area contributed by atoms with E-state index in [0.717, 1.165) is 0 Å². The topological polar surface area (TPSA) is 249 Å². The molecule has 5 rings (SSSR count). The number of phenols is 1. The van der Waals surface area contributed by atoms with Gasteiger partial charge in [-0.05, 0) is 57.5 Å². The lowest BCUT2D eigenvalue weighted by Crippen LogP contribution is -2.73. The maximum Gasteiger partial charge on any atom is 0.323 e. The molecule has 0 saturated heterocycles. The Morgan fingerprint density at radius 3 is 2.34 bits per heavy atom. The molecular weight excluding hydrogens is 616 g/mol. The molecule has 250 valence electrons. The van der Waals surface area contributed by atoms with Crippen molar-refractivity contribution in [1.29, 1.82) is 0 Å². The number of rotatable bonds is 6. The summed E-state index contributed by atoms with van der Waals surface area (Å²) < 4.78 is 0. The Kier molecular flexibility index (Phi) is 8.24. The van der Waals surface area contributed by atoms with Crippen LogP contribution in [0.4, 0.5) is 27.5 Å².